The van der Waals surface area contributed by atoms with Crippen LogP contribution in [0.3, 0.4) is 0 Å². The fourth-order valence-electron chi connectivity index (χ4n) is 6.73. The standard InChI is InChI=1S/C31H34N2O5.C16H24N2O3/c1-19(2)29(28(35)16-20(3)30(36)32-22-14-12-21(17-34)13-15-22)33-31(37)38-18-27-25-10-6-4-8-23(25)24-9-5-7-11-26(24)27;1-10(2)15(17)14(20)8-11(3)16(21)18-13-6-4-12(9-19)5-7-13/h4-15,19-20,27,29,34H,16-18H2,1-3H3,(H,32,36)(H,33,37);4-7,10-11,15,19H,8-9,17H2,1-3H3,(H,18,21)/t20-,29+;11-,15+/m11/s1. The first-order valence-electron chi connectivity index (χ1n) is 20.1. The van der Waals surface area contributed by atoms with E-state index in [-0.39, 0.29) is 73.8 Å². The summed E-state index contributed by atoms with van der Waals surface area (Å²) in [4.78, 5) is 62.4. The second kappa shape index (κ2) is 21.9. The van der Waals surface area contributed by atoms with Gasteiger partial charge in [-0.15, -0.1) is 0 Å². The van der Waals surface area contributed by atoms with Gasteiger partial charge in [0.25, 0.3) is 0 Å². The number of ketones is 2. The summed E-state index contributed by atoms with van der Waals surface area (Å²) in [6.45, 7) is 10.9. The fraction of sp³-hybridized carbons (Fsp3) is 0.383. The number of fused-ring (bicyclic) bond motifs is 3. The highest BCUT2D eigenvalue weighted by atomic mass is 16.5. The number of nitrogens with two attached hydrogens (primary N) is 1. The minimum absolute atomic E-state index is 0.0208. The van der Waals surface area contributed by atoms with Crippen LogP contribution < -0.4 is 21.7 Å². The molecule has 4 aromatic rings. The fourth-order valence-corrected chi connectivity index (χ4v) is 6.73. The molecule has 3 amide bonds. The first kappa shape index (κ1) is 46.0. The molecule has 7 N–H and O–H groups in total. The third-order valence-corrected chi connectivity index (χ3v) is 10.4. The van der Waals surface area contributed by atoms with Gasteiger partial charge in [-0.1, -0.05) is 114 Å². The number of aliphatic hydroxyl groups excluding tert-OH is 2. The van der Waals surface area contributed by atoms with Crippen molar-refractivity contribution in [1.82, 2.24) is 5.32 Å². The summed E-state index contributed by atoms with van der Waals surface area (Å²) in [5, 5.41) is 26.4. The average Bonchev–Trinajstić information content (AvgIpc) is 3.55. The predicted molar refractivity (Wildman–Crippen MR) is 229 cm³/mol. The van der Waals surface area contributed by atoms with Gasteiger partial charge < -0.3 is 36.6 Å². The van der Waals surface area contributed by atoms with E-state index in [1.54, 1.807) is 62.4 Å². The molecule has 0 fully saturated rings. The Balaban J connectivity index is 0.000000311. The molecule has 4 atom stereocenters. The molecule has 4 aromatic carbocycles. The number of benzene rings is 4. The highest BCUT2D eigenvalue weighted by Gasteiger charge is 2.31. The van der Waals surface area contributed by atoms with Crippen LogP contribution in [0.4, 0.5) is 16.2 Å². The number of carbonyl (C=O) groups excluding carboxylic acids is 5. The monoisotopic (exact) mass is 806 g/mol. The highest BCUT2D eigenvalue weighted by Crippen LogP contribution is 2.44. The van der Waals surface area contributed by atoms with Crippen molar-refractivity contribution in [2.45, 2.75) is 85.6 Å². The lowest BCUT2D eigenvalue weighted by molar-refractivity contribution is -0.127. The molecule has 1 aliphatic carbocycles. The van der Waals surface area contributed by atoms with Gasteiger partial charge in [0.2, 0.25) is 11.8 Å². The molecule has 0 aromatic heterocycles. The molecule has 12 heteroatoms. The number of alkyl carbamates (subject to hydrolysis) is 1. The molecule has 12 nitrogen and oxygen atoms in total. The molecule has 5 rings (SSSR count). The van der Waals surface area contributed by atoms with Gasteiger partial charge in [-0.2, -0.15) is 0 Å². The van der Waals surface area contributed by atoms with Crippen molar-refractivity contribution >= 4 is 40.8 Å². The van der Waals surface area contributed by atoms with Gasteiger partial charge in [0.05, 0.1) is 25.3 Å². The number of hydrogen-bond acceptors (Lipinski definition) is 9. The van der Waals surface area contributed by atoms with Crippen LogP contribution in [0.15, 0.2) is 97.1 Å². The zero-order valence-corrected chi connectivity index (χ0v) is 34.7. The lowest BCUT2D eigenvalue weighted by atomic mass is 9.93. The maximum atomic E-state index is 13.1. The summed E-state index contributed by atoms with van der Waals surface area (Å²) in [6.07, 6.45) is -0.535. The van der Waals surface area contributed by atoms with Gasteiger partial charge in [-0.3, -0.25) is 19.2 Å². The summed E-state index contributed by atoms with van der Waals surface area (Å²) >= 11 is 0. The number of amides is 3. The van der Waals surface area contributed by atoms with E-state index in [1.807, 2.05) is 52.0 Å². The van der Waals surface area contributed by atoms with E-state index in [4.69, 9.17) is 20.7 Å². The lowest BCUT2D eigenvalue weighted by Gasteiger charge is -2.23. The first-order chi connectivity index (χ1) is 28.1. The van der Waals surface area contributed by atoms with E-state index in [9.17, 15) is 24.0 Å². The second-order valence-electron chi connectivity index (χ2n) is 15.8. The molecule has 1 aliphatic rings. The number of hydrogen-bond donors (Lipinski definition) is 6. The molecule has 0 heterocycles. The third kappa shape index (κ3) is 12.9. The van der Waals surface area contributed by atoms with Gasteiger partial charge in [0.15, 0.2) is 11.6 Å². The zero-order valence-electron chi connectivity index (χ0n) is 34.7. The lowest BCUT2D eigenvalue weighted by Crippen LogP contribution is -2.45. The van der Waals surface area contributed by atoms with Gasteiger partial charge >= 0.3 is 6.09 Å². The van der Waals surface area contributed by atoms with Crippen LogP contribution in [-0.4, -0.2) is 58.4 Å². The SMILES string of the molecule is CC(C)[C@H](N)C(=O)C[C@@H](C)C(=O)Nc1ccc(CO)cc1.CC(C)[C@H](NC(=O)OCC1c2ccccc2-c2ccccc21)C(=O)C[C@@H](C)C(=O)Nc1ccc(CO)cc1. The first-order valence-corrected chi connectivity index (χ1v) is 20.1. The minimum atomic E-state index is -0.773. The minimum Gasteiger partial charge on any atom is -0.449 e. The van der Waals surface area contributed by atoms with E-state index >= 15 is 0 Å². The molecule has 0 saturated heterocycles. The summed E-state index contributed by atoms with van der Waals surface area (Å²) < 4.78 is 5.62. The molecule has 59 heavy (non-hydrogen) atoms. The van der Waals surface area contributed by atoms with Crippen molar-refractivity contribution in [1.29, 1.82) is 0 Å². The Morgan fingerprint density at radius 3 is 1.44 bits per heavy atom. The van der Waals surface area contributed by atoms with Gasteiger partial charge in [-0.25, -0.2) is 4.79 Å². The maximum Gasteiger partial charge on any atom is 0.407 e. The molecule has 0 aliphatic heterocycles. The van der Waals surface area contributed by atoms with Crippen LogP contribution in [0.5, 0.6) is 0 Å². The van der Waals surface area contributed by atoms with Crippen LogP contribution in [0.1, 0.15) is 82.6 Å². The average molecular weight is 807 g/mol. The van der Waals surface area contributed by atoms with Crippen LogP contribution >= 0.6 is 0 Å². The Morgan fingerprint density at radius 1 is 0.610 bits per heavy atom. The normalized spacial score (nSPS) is 13.8. The van der Waals surface area contributed by atoms with Crippen molar-refractivity contribution in [2.75, 3.05) is 17.2 Å². The number of nitrogens with one attached hydrogen (secondary N) is 3. The van der Waals surface area contributed by atoms with Crippen molar-refractivity contribution < 1.29 is 38.9 Å². The van der Waals surface area contributed by atoms with Crippen LogP contribution in [0, 0.1) is 23.7 Å². The highest BCUT2D eigenvalue weighted by molar-refractivity contribution is 5.97. The number of ether oxygens (including phenoxy) is 1. The number of carbonyl (C=O) groups is 5. The number of anilines is 2. The number of Topliss-reactive ketones (excluding diaryl/α,β-unsaturated/α-hetero) is 2. The van der Waals surface area contributed by atoms with Gasteiger partial charge in [-0.05, 0) is 69.5 Å². The summed E-state index contributed by atoms with van der Waals surface area (Å²) in [7, 11) is 0. The Kier molecular flexibility index (Phi) is 17.1. The third-order valence-electron chi connectivity index (χ3n) is 10.4. The zero-order chi connectivity index (χ0) is 43.2. The maximum absolute atomic E-state index is 13.1. The molecular weight excluding hydrogens is 749 g/mol. The van der Waals surface area contributed by atoms with Gasteiger partial charge in [0.1, 0.15) is 6.61 Å². The topological polar surface area (TPSA) is 197 Å². The van der Waals surface area contributed by atoms with Crippen molar-refractivity contribution in [2.24, 2.45) is 29.4 Å². The van der Waals surface area contributed by atoms with Crippen LogP contribution in [-0.2, 0) is 37.1 Å². The van der Waals surface area contributed by atoms with E-state index in [0.717, 1.165) is 33.4 Å². The van der Waals surface area contributed by atoms with Gasteiger partial charge in [0, 0.05) is 42.0 Å². The van der Waals surface area contributed by atoms with Crippen molar-refractivity contribution in [3.05, 3.63) is 119 Å². The molecule has 0 spiro atoms. The quantitative estimate of drug-likeness (QED) is 0.0653. The summed E-state index contributed by atoms with van der Waals surface area (Å²) in [5.41, 5.74) is 13.1. The van der Waals surface area contributed by atoms with Crippen molar-refractivity contribution in [3.63, 3.8) is 0 Å². The summed E-state index contributed by atoms with van der Waals surface area (Å²) in [6, 6.07) is 28.7. The predicted octanol–water partition coefficient (Wildman–Crippen LogP) is 6.97. The number of aliphatic hydroxyl groups is 2. The molecule has 0 radical (unpaired) electrons. The van der Waals surface area contributed by atoms with E-state index in [1.165, 1.54) is 0 Å². The smallest absolute Gasteiger partial charge is 0.407 e. The molecular formula is C47H58N4O8. The Morgan fingerprint density at radius 2 is 1.03 bits per heavy atom. The molecule has 0 bridgehead atoms. The molecule has 314 valence electrons. The van der Waals surface area contributed by atoms with Crippen LogP contribution in [0.25, 0.3) is 11.1 Å². The summed E-state index contributed by atoms with van der Waals surface area (Å²) in [5.74, 6) is -2.03. The van der Waals surface area contributed by atoms with E-state index in [0.29, 0.717) is 11.4 Å². The van der Waals surface area contributed by atoms with Crippen LogP contribution in [0.2, 0.25) is 0 Å². The largest absolute Gasteiger partial charge is 0.449 e. The number of rotatable bonds is 17. The Bertz CT molecular complexity index is 2000. The molecule has 0 unspecified atom stereocenters. The Hall–Kier alpha value is -5.69. The second-order valence-corrected chi connectivity index (χ2v) is 15.8. The van der Waals surface area contributed by atoms with Crippen molar-refractivity contribution in [3.8, 4) is 11.1 Å². The Labute approximate surface area is 346 Å². The van der Waals surface area contributed by atoms with E-state index < -0.39 is 30.0 Å². The molecule has 0 saturated carbocycles. The van der Waals surface area contributed by atoms with E-state index in [2.05, 4.69) is 40.2 Å².